The van der Waals surface area contributed by atoms with Crippen LogP contribution in [0.5, 0.6) is 0 Å². The van der Waals surface area contributed by atoms with Crippen molar-refractivity contribution in [2.75, 3.05) is 23.7 Å². The lowest BCUT2D eigenvalue weighted by Crippen LogP contribution is -2.36. The van der Waals surface area contributed by atoms with Gasteiger partial charge in [-0.1, -0.05) is 30.3 Å². The molecule has 1 saturated carbocycles. The van der Waals surface area contributed by atoms with Crippen molar-refractivity contribution in [3.63, 3.8) is 0 Å². The number of hydrogen-bond acceptors (Lipinski definition) is 6. The van der Waals surface area contributed by atoms with Crippen molar-refractivity contribution in [1.82, 2.24) is 24.9 Å². The van der Waals surface area contributed by atoms with Gasteiger partial charge >= 0.3 is 0 Å². The van der Waals surface area contributed by atoms with Crippen molar-refractivity contribution < 1.29 is 4.79 Å². The van der Waals surface area contributed by atoms with Gasteiger partial charge in [0.2, 0.25) is 5.91 Å². The van der Waals surface area contributed by atoms with Crippen molar-refractivity contribution >= 4 is 23.2 Å². The minimum Gasteiger partial charge on any atom is -0.370 e. The molecule has 2 fully saturated rings. The molecule has 4 heterocycles. The Bertz CT molecular complexity index is 1330. The third kappa shape index (κ3) is 4.82. The van der Waals surface area contributed by atoms with Gasteiger partial charge in [-0.3, -0.25) is 9.78 Å². The monoisotopic (exact) mass is 467 g/mol. The Morgan fingerprint density at radius 2 is 1.94 bits per heavy atom. The molecule has 1 aliphatic heterocycles. The molecule has 0 spiro atoms. The van der Waals surface area contributed by atoms with E-state index in [9.17, 15) is 4.79 Å². The first-order valence-corrected chi connectivity index (χ1v) is 12.4. The molecule has 0 radical (unpaired) electrons. The smallest absolute Gasteiger partial charge is 0.220 e. The summed E-state index contributed by atoms with van der Waals surface area (Å²) >= 11 is 0. The largest absolute Gasteiger partial charge is 0.370 e. The van der Waals surface area contributed by atoms with Crippen LogP contribution in [0.1, 0.15) is 42.7 Å². The lowest BCUT2D eigenvalue weighted by molar-refractivity contribution is -0.123. The van der Waals surface area contributed by atoms with Crippen molar-refractivity contribution in [3.8, 4) is 11.3 Å². The Balaban J connectivity index is 1.21. The molecule has 8 nitrogen and oxygen atoms in total. The van der Waals surface area contributed by atoms with Crippen LogP contribution >= 0.6 is 0 Å². The number of rotatable bonds is 8. The van der Waals surface area contributed by atoms with Gasteiger partial charge in [-0.15, -0.1) is 0 Å². The number of carbonyl (C=O) groups is 1. The minimum atomic E-state index is 0.134. The number of carbonyl (C=O) groups excluding carboxylic acids is 1. The van der Waals surface area contributed by atoms with Crippen molar-refractivity contribution in [3.05, 3.63) is 72.1 Å². The summed E-state index contributed by atoms with van der Waals surface area (Å²) in [5.41, 5.74) is 5.37. The Labute approximate surface area is 204 Å². The Kier molecular flexibility index (Phi) is 5.78. The fourth-order valence-electron chi connectivity index (χ4n) is 4.67. The number of aromatic nitrogens is 4. The predicted octanol–water partition coefficient (Wildman–Crippen LogP) is 4.22. The third-order valence-electron chi connectivity index (χ3n) is 6.83. The Hall–Kier alpha value is -3.94. The second-order valence-electron chi connectivity index (χ2n) is 9.49. The maximum absolute atomic E-state index is 11.7. The summed E-state index contributed by atoms with van der Waals surface area (Å²) in [7, 11) is 0. The fourth-order valence-corrected chi connectivity index (χ4v) is 4.67. The van der Waals surface area contributed by atoms with E-state index in [0.717, 1.165) is 48.1 Å². The summed E-state index contributed by atoms with van der Waals surface area (Å²) in [5, 5.41) is 14.6. The summed E-state index contributed by atoms with van der Waals surface area (Å²) in [6, 6.07) is 16.4. The number of hydrogen-bond donors (Lipinski definition) is 3. The zero-order valence-electron chi connectivity index (χ0n) is 19.6. The predicted molar refractivity (Wildman–Crippen MR) is 136 cm³/mol. The van der Waals surface area contributed by atoms with Gasteiger partial charge in [0.15, 0.2) is 5.65 Å². The number of anilines is 2. The highest BCUT2D eigenvalue weighted by Crippen LogP contribution is 2.42. The van der Waals surface area contributed by atoms with E-state index in [-0.39, 0.29) is 5.91 Å². The average Bonchev–Trinajstić information content (AvgIpc) is 3.65. The van der Waals surface area contributed by atoms with Gasteiger partial charge in [0.1, 0.15) is 11.6 Å². The van der Waals surface area contributed by atoms with Gasteiger partial charge in [-0.25, -0.2) is 4.98 Å². The number of benzene rings is 1. The number of pyridine rings is 1. The summed E-state index contributed by atoms with van der Waals surface area (Å²) in [6.07, 6.45) is 7.72. The van der Waals surface area contributed by atoms with Gasteiger partial charge in [-0.2, -0.15) is 9.61 Å². The number of fused-ring (bicyclic) bond motifs is 1. The maximum atomic E-state index is 11.7. The Morgan fingerprint density at radius 1 is 1.06 bits per heavy atom. The molecule has 2 aliphatic rings. The summed E-state index contributed by atoms with van der Waals surface area (Å²) in [6.45, 7) is 2.15. The molecule has 4 aromatic rings. The molecule has 1 atom stereocenters. The van der Waals surface area contributed by atoms with E-state index >= 15 is 0 Å². The average molecular weight is 468 g/mol. The van der Waals surface area contributed by atoms with E-state index in [4.69, 9.17) is 4.98 Å². The van der Waals surface area contributed by atoms with Gasteiger partial charge in [0.25, 0.3) is 0 Å². The van der Waals surface area contributed by atoms with Gasteiger partial charge in [0.05, 0.1) is 11.9 Å². The molecule has 8 heteroatoms. The minimum absolute atomic E-state index is 0.134. The number of amides is 1. The van der Waals surface area contributed by atoms with Crippen molar-refractivity contribution in [1.29, 1.82) is 0 Å². The lowest BCUT2D eigenvalue weighted by atomic mass is 9.98. The summed E-state index contributed by atoms with van der Waals surface area (Å²) < 4.78 is 1.91. The second kappa shape index (κ2) is 9.37. The van der Waals surface area contributed by atoms with Crippen LogP contribution in [-0.4, -0.2) is 38.6 Å². The van der Waals surface area contributed by atoms with Crippen LogP contribution in [0.3, 0.4) is 0 Å². The van der Waals surface area contributed by atoms with Crippen molar-refractivity contribution in [2.24, 2.45) is 5.92 Å². The number of nitrogens with one attached hydrogen (secondary N) is 3. The zero-order chi connectivity index (χ0) is 23.6. The van der Waals surface area contributed by atoms with E-state index < -0.39 is 0 Å². The van der Waals surface area contributed by atoms with Gasteiger partial charge < -0.3 is 16.0 Å². The third-order valence-corrected chi connectivity index (χ3v) is 6.83. The highest BCUT2D eigenvalue weighted by molar-refractivity contribution is 5.77. The first-order chi connectivity index (χ1) is 17.2. The highest BCUT2D eigenvalue weighted by Gasteiger charge is 2.28. The molecule has 178 valence electrons. The molecule has 3 aromatic heterocycles. The van der Waals surface area contributed by atoms with Gasteiger partial charge in [-0.05, 0) is 48.8 Å². The standard InChI is InChI=1S/C27H29N7O/c35-26-13-19(10-12-29-26)16-30-24-14-25(34-27(33-24)22(17-32-34)20-8-9-20)31-15-18-4-6-21(7-5-18)23-3-1-2-11-28-23/h1-7,11,14,17,19-20,31H,8-10,12-13,15-16H2,(H,29,35)(H,30,33). The van der Waals surface area contributed by atoms with Crippen LogP contribution < -0.4 is 16.0 Å². The van der Waals surface area contributed by atoms with Gasteiger partial charge in [0, 0.05) is 49.4 Å². The molecule has 6 rings (SSSR count). The molecule has 3 N–H and O–H groups in total. The van der Waals surface area contributed by atoms with Crippen LogP contribution in [0, 0.1) is 5.92 Å². The van der Waals surface area contributed by atoms with Crippen LogP contribution in [0.25, 0.3) is 16.9 Å². The zero-order valence-corrected chi connectivity index (χ0v) is 19.6. The normalized spacial score (nSPS) is 17.8. The fraction of sp³-hybridized carbons (Fsp3) is 0.333. The van der Waals surface area contributed by atoms with Crippen LogP contribution in [0.4, 0.5) is 11.6 Å². The first-order valence-electron chi connectivity index (χ1n) is 12.4. The SMILES string of the molecule is O=C1CC(CNc2cc(NCc3ccc(-c4ccccn4)cc3)n3ncc(C4CC4)c3n2)CCN1. The van der Waals surface area contributed by atoms with E-state index in [1.165, 1.54) is 24.0 Å². The van der Waals surface area contributed by atoms with E-state index in [1.54, 1.807) is 0 Å². The maximum Gasteiger partial charge on any atom is 0.220 e. The van der Waals surface area contributed by atoms with E-state index in [0.29, 0.717) is 24.8 Å². The molecule has 0 bridgehead atoms. The second-order valence-corrected chi connectivity index (χ2v) is 9.49. The molecule has 1 saturated heterocycles. The lowest BCUT2D eigenvalue weighted by Gasteiger charge is -2.22. The summed E-state index contributed by atoms with van der Waals surface area (Å²) in [5.74, 6) is 2.74. The number of nitrogens with zero attached hydrogens (tertiary/aromatic N) is 4. The molecule has 35 heavy (non-hydrogen) atoms. The topological polar surface area (TPSA) is 96.2 Å². The molecule has 1 aliphatic carbocycles. The molecular formula is C27H29N7O. The first kappa shape index (κ1) is 21.6. The molecule has 1 amide bonds. The van der Waals surface area contributed by atoms with Crippen LogP contribution in [0.2, 0.25) is 0 Å². The van der Waals surface area contributed by atoms with Crippen molar-refractivity contribution in [2.45, 2.75) is 38.1 Å². The Morgan fingerprint density at radius 3 is 2.71 bits per heavy atom. The van der Waals surface area contributed by atoms with E-state index in [1.807, 2.05) is 41.2 Å². The van der Waals surface area contributed by atoms with Crippen LogP contribution in [0.15, 0.2) is 60.9 Å². The van der Waals surface area contributed by atoms with Crippen LogP contribution in [-0.2, 0) is 11.3 Å². The number of piperidine rings is 1. The molecule has 1 unspecified atom stereocenters. The quantitative estimate of drug-likeness (QED) is 0.359. The van der Waals surface area contributed by atoms with E-state index in [2.05, 4.69) is 50.3 Å². The molecule has 1 aromatic carbocycles. The highest BCUT2D eigenvalue weighted by atomic mass is 16.1. The molecular weight excluding hydrogens is 438 g/mol. The summed E-state index contributed by atoms with van der Waals surface area (Å²) in [4.78, 5) is 21.1.